The number of benzene rings is 3. The molecule has 208 valence electrons. The lowest BCUT2D eigenvalue weighted by Crippen LogP contribution is -2.15. The molecule has 0 aliphatic carbocycles. The summed E-state index contributed by atoms with van der Waals surface area (Å²) in [5.74, 6) is -0.838. The summed E-state index contributed by atoms with van der Waals surface area (Å²) < 4.78 is 29.1. The second-order valence-electron chi connectivity index (χ2n) is 10.6. The van der Waals surface area contributed by atoms with Crippen LogP contribution in [0.4, 0.5) is 11.5 Å². The lowest BCUT2D eigenvalue weighted by atomic mass is 9.87. The van der Waals surface area contributed by atoms with E-state index in [1.54, 1.807) is 30.3 Å². The molecule has 0 saturated carbocycles. The van der Waals surface area contributed by atoms with Crippen molar-refractivity contribution in [2.45, 2.75) is 31.1 Å². The first-order valence-corrected chi connectivity index (χ1v) is 14.3. The minimum absolute atomic E-state index is 0.101. The van der Waals surface area contributed by atoms with E-state index < -0.39 is 21.8 Å². The predicted molar refractivity (Wildman–Crippen MR) is 160 cm³/mol. The monoisotopic (exact) mass is 567 g/mol. The molecule has 0 spiro atoms. The summed E-state index contributed by atoms with van der Waals surface area (Å²) in [7, 11) is -3.86. The van der Waals surface area contributed by atoms with Gasteiger partial charge in [0.2, 0.25) is 5.91 Å². The maximum absolute atomic E-state index is 13.4. The van der Waals surface area contributed by atoms with Gasteiger partial charge in [0, 0.05) is 28.4 Å². The van der Waals surface area contributed by atoms with E-state index in [-0.39, 0.29) is 27.4 Å². The molecule has 0 atom stereocenters. The van der Waals surface area contributed by atoms with Crippen molar-refractivity contribution in [3.05, 3.63) is 108 Å². The van der Waals surface area contributed by atoms with Gasteiger partial charge in [-0.1, -0.05) is 63.2 Å². The Morgan fingerprint density at radius 2 is 1.61 bits per heavy atom. The van der Waals surface area contributed by atoms with Crippen LogP contribution >= 0.6 is 0 Å². The molecule has 5 aromatic rings. The SMILES string of the molecule is CC(C)(C)c1ccc(S(=O)(=O)Nc2ccc3[nH]c(C(=O)Nc4ccc(C(N)=O)cn4)c(-c4ccccc4)c3c2)cc1. The van der Waals surface area contributed by atoms with E-state index in [2.05, 4.69) is 40.8 Å². The summed E-state index contributed by atoms with van der Waals surface area (Å²) >= 11 is 0. The summed E-state index contributed by atoms with van der Waals surface area (Å²) in [6.07, 6.45) is 1.29. The average molecular weight is 568 g/mol. The van der Waals surface area contributed by atoms with Crippen LogP contribution in [0.3, 0.4) is 0 Å². The number of sulfonamides is 1. The highest BCUT2D eigenvalue weighted by atomic mass is 32.2. The van der Waals surface area contributed by atoms with Gasteiger partial charge in [0.05, 0.1) is 10.5 Å². The van der Waals surface area contributed by atoms with E-state index in [0.717, 1.165) is 11.1 Å². The van der Waals surface area contributed by atoms with E-state index in [4.69, 9.17) is 5.73 Å². The third-order valence-electron chi connectivity index (χ3n) is 6.66. The van der Waals surface area contributed by atoms with Crippen LogP contribution in [0.15, 0.2) is 96.0 Å². The van der Waals surface area contributed by atoms with Crippen LogP contribution in [0.1, 0.15) is 47.2 Å². The van der Waals surface area contributed by atoms with Crippen LogP contribution in [-0.4, -0.2) is 30.2 Å². The molecule has 41 heavy (non-hydrogen) atoms. The van der Waals surface area contributed by atoms with E-state index in [1.807, 2.05) is 42.5 Å². The molecule has 0 unspecified atom stereocenters. The summed E-state index contributed by atoms with van der Waals surface area (Å²) in [4.78, 5) is 32.2. The largest absolute Gasteiger partial charge is 0.366 e. The van der Waals surface area contributed by atoms with Gasteiger partial charge in [0.25, 0.3) is 15.9 Å². The number of carbonyl (C=O) groups is 2. The number of aromatic amines is 1. The van der Waals surface area contributed by atoms with Gasteiger partial charge in [-0.3, -0.25) is 14.3 Å². The van der Waals surface area contributed by atoms with Crippen LogP contribution in [0.5, 0.6) is 0 Å². The molecule has 2 aromatic heterocycles. The fourth-order valence-corrected chi connectivity index (χ4v) is 5.52. The lowest BCUT2D eigenvalue weighted by molar-refractivity contribution is 0.0998. The van der Waals surface area contributed by atoms with Gasteiger partial charge in [-0.25, -0.2) is 13.4 Å². The number of fused-ring (bicyclic) bond motifs is 1. The molecular formula is C31H29N5O4S. The van der Waals surface area contributed by atoms with Crippen molar-refractivity contribution in [1.29, 1.82) is 0 Å². The minimum Gasteiger partial charge on any atom is -0.366 e. The highest BCUT2D eigenvalue weighted by molar-refractivity contribution is 7.92. The standard InChI is InChI=1S/C31H29N5O4S/c1-31(2,3)21-10-13-23(14-11-21)41(39,40)36-22-12-15-25-24(17-22)27(19-7-5-4-6-8-19)28(34-25)30(38)35-26-16-9-20(18-33-26)29(32)37/h4-18,34,36H,1-3H3,(H2,32,37)(H,33,35,38). The van der Waals surface area contributed by atoms with E-state index in [9.17, 15) is 18.0 Å². The molecule has 0 bridgehead atoms. The predicted octanol–water partition coefficient (Wildman–Crippen LogP) is 5.68. The molecule has 0 aliphatic rings. The number of carbonyl (C=O) groups excluding carboxylic acids is 2. The van der Waals surface area contributed by atoms with Crippen molar-refractivity contribution in [2.24, 2.45) is 5.73 Å². The molecule has 9 nitrogen and oxygen atoms in total. The Labute approximate surface area is 237 Å². The van der Waals surface area contributed by atoms with Crippen molar-refractivity contribution in [2.75, 3.05) is 10.0 Å². The maximum atomic E-state index is 13.4. The molecule has 3 aromatic carbocycles. The second kappa shape index (κ2) is 10.5. The Morgan fingerprint density at radius 1 is 0.902 bits per heavy atom. The minimum atomic E-state index is -3.86. The normalized spacial score (nSPS) is 11.8. The van der Waals surface area contributed by atoms with Crippen LogP contribution < -0.4 is 15.8 Å². The maximum Gasteiger partial charge on any atom is 0.273 e. The molecule has 0 radical (unpaired) electrons. The number of rotatable bonds is 7. The topological polar surface area (TPSA) is 147 Å². The Hall–Kier alpha value is -4.96. The van der Waals surface area contributed by atoms with Gasteiger partial charge in [-0.15, -0.1) is 0 Å². The zero-order chi connectivity index (χ0) is 29.4. The lowest BCUT2D eigenvalue weighted by Gasteiger charge is -2.19. The Kier molecular flexibility index (Phi) is 7.10. The smallest absolute Gasteiger partial charge is 0.273 e. The Balaban J connectivity index is 1.51. The zero-order valence-electron chi connectivity index (χ0n) is 22.7. The van der Waals surface area contributed by atoms with Gasteiger partial charge in [0.15, 0.2) is 0 Å². The van der Waals surface area contributed by atoms with Crippen LogP contribution in [-0.2, 0) is 15.4 Å². The Morgan fingerprint density at radius 3 is 2.22 bits per heavy atom. The first kappa shape index (κ1) is 27.6. The number of primary amides is 1. The quantitative estimate of drug-likeness (QED) is 0.200. The summed E-state index contributed by atoms with van der Waals surface area (Å²) in [6.45, 7) is 6.20. The zero-order valence-corrected chi connectivity index (χ0v) is 23.5. The molecule has 2 heterocycles. The first-order chi connectivity index (χ1) is 19.4. The summed E-state index contributed by atoms with van der Waals surface area (Å²) in [5.41, 5.74) is 9.05. The molecule has 5 N–H and O–H groups in total. The summed E-state index contributed by atoms with van der Waals surface area (Å²) in [5, 5.41) is 3.39. The van der Waals surface area contributed by atoms with Gasteiger partial charge in [-0.05, 0) is 59.0 Å². The van der Waals surface area contributed by atoms with Crippen molar-refractivity contribution in [1.82, 2.24) is 9.97 Å². The second-order valence-corrected chi connectivity index (χ2v) is 12.3. The average Bonchev–Trinajstić information content (AvgIpc) is 3.32. The fraction of sp³-hybridized carbons (Fsp3) is 0.129. The Bertz CT molecular complexity index is 1860. The first-order valence-electron chi connectivity index (χ1n) is 12.8. The number of pyridine rings is 1. The highest BCUT2D eigenvalue weighted by Gasteiger charge is 2.22. The molecule has 0 aliphatic heterocycles. The number of aromatic nitrogens is 2. The third-order valence-corrected chi connectivity index (χ3v) is 8.06. The third kappa shape index (κ3) is 5.82. The molecule has 2 amide bonds. The molecule has 5 rings (SSSR count). The van der Waals surface area contributed by atoms with E-state index in [1.165, 1.54) is 18.3 Å². The van der Waals surface area contributed by atoms with Crippen molar-refractivity contribution in [3.8, 4) is 11.1 Å². The number of amides is 2. The number of nitrogens with one attached hydrogen (secondary N) is 3. The number of anilines is 2. The number of nitrogens with zero attached hydrogens (tertiary/aromatic N) is 1. The van der Waals surface area contributed by atoms with E-state index >= 15 is 0 Å². The molecule has 10 heteroatoms. The summed E-state index contributed by atoms with van der Waals surface area (Å²) in [6, 6.07) is 24.2. The van der Waals surface area contributed by atoms with Crippen molar-refractivity contribution < 1.29 is 18.0 Å². The molecule has 0 saturated heterocycles. The molecular weight excluding hydrogens is 538 g/mol. The highest BCUT2D eigenvalue weighted by Crippen LogP contribution is 2.35. The van der Waals surface area contributed by atoms with Gasteiger partial charge >= 0.3 is 0 Å². The van der Waals surface area contributed by atoms with Crippen LogP contribution in [0.25, 0.3) is 22.0 Å². The van der Waals surface area contributed by atoms with Crippen LogP contribution in [0.2, 0.25) is 0 Å². The van der Waals surface area contributed by atoms with E-state index in [0.29, 0.717) is 22.2 Å². The number of hydrogen-bond donors (Lipinski definition) is 4. The van der Waals surface area contributed by atoms with Gasteiger partial charge in [-0.2, -0.15) is 0 Å². The number of H-pyrrole nitrogens is 1. The number of hydrogen-bond acceptors (Lipinski definition) is 5. The van der Waals surface area contributed by atoms with Crippen LogP contribution in [0, 0.1) is 0 Å². The van der Waals surface area contributed by atoms with Crippen molar-refractivity contribution >= 4 is 44.2 Å². The van der Waals surface area contributed by atoms with Gasteiger partial charge < -0.3 is 16.0 Å². The van der Waals surface area contributed by atoms with Gasteiger partial charge in [0.1, 0.15) is 11.5 Å². The fourth-order valence-electron chi connectivity index (χ4n) is 4.47. The molecule has 0 fully saturated rings. The number of nitrogens with two attached hydrogens (primary N) is 1. The van der Waals surface area contributed by atoms with Crippen molar-refractivity contribution in [3.63, 3.8) is 0 Å².